The first kappa shape index (κ1) is 16.9. The minimum atomic E-state index is -3.36. The van der Waals surface area contributed by atoms with Gasteiger partial charge >= 0.3 is 0 Å². The monoisotopic (exact) mass is 338 g/mol. The van der Waals surface area contributed by atoms with Crippen molar-refractivity contribution in [1.29, 1.82) is 0 Å². The van der Waals surface area contributed by atoms with Crippen molar-refractivity contribution in [3.05, 3.63) is 30.3 Å². The van der Waals surface area contributed by atoms with Crippen LogP contribution >= 0.6 is 0 Å². The normalized spacial score (nSPS) is 25.4. The molecule has 2 aliphatic rings. The van der Waals surface area contributed by atoms with Crippen molar-refractivity contribution in [2.24, 2.45) is 5.92 Å². The minimum absolute atomic E-state index is 0.0120. The SMILES string of the molecule is CCOC[C@H]1CCN(C)C2(C1)CN(S(=O)(=O)c1ccccc1)C2. The van der Waals surface area contributed by atoms with Gasteiger partial charge in [-0.05, 0) is 51.4 Å². The highest BCUT2D eigenvalue weighted by Crippen LogP contribution is 2.40. The molecule has 0 amide bonds. The number of rotatable bonds is 5. The first-order valence-corrected chi connectivity index (χ1v) is 9.76. The standard InChI is InChI=1S/C17H26N2O3S/c1-3-22-12-15-9-10-18(2)17(11-15)13-19(14-17)23(20,21)16-7-5-4-6-8-16/h4-8,15H,3,9-14H2,1-2H3/t15-/m0/s1. The quantitative estimate of drug-likeness (QED) is 0.822. The second-order valence-electron chi connectivity index (χ2n) is 6.75. The van der Waals surface area contributed by atoms with E-state index in [-0.39, 0.29) is 5.54 Å². The highest BCUT2D eigenvalue weighted by Gasteiger charge is 2.53. The van der Waals surface area contributed by atoms with Gasteiger partial charge in [-0.15, -0.1) is 0 Å². The van der Waals surface area contributed by atoms with Gasteiger partial charge < -0.3 is 4.74 Å². The maximum absolute atomic E-state index is 12.7. The third-order valence-electron chi connectivity index (χ3n) is 5.23. The third-order valence-corrected chi connectivity index (χ3v) is 7.04. The molecule has 1 spiro atoms. The molecule has 0 bridgehead atoms. The minimum Gasteiger partial charge on any atom is -0.381 e. The fraction of sp³-hybridized carbons (Fsp3) is 0.647. The third kappa shape index (κ3) is 3.18. The highest BCUT2D eigenvalue weighted by molar-refractivity contribution is 7.89. The Morgan fingerprint density at radius 1 is 1.26 bits per heavy atom. The van der Waals surface area contributed by atoms with Crippen LogP contribution in [0.15, 0.2) is 35.2 Å². The van der Waals surface area contributed by atoms with E-state index in [9.17, 15) is 8.42 Å². The molecule has 0 radical (unpaired) electrons. The molecule has 0 N–H and O–H groups in total. The number of likely N-dealkylation sites (N-methyl/N-ethyl adjacent to an activating group) is 1. The summed E-state index contributed by atoms with van der Waals surface area (Å²) in [5.41, 5.74) is -0.0120. The van der Waals surface area contributed by atoms with Crippen molar-refractivity contribution in [2.75, 3.05) is 39.9 Å². The number of ether oxygens (including phenoxy) is 1. The first-order chi connectivity index (χ1) is 11.0. The molecule has 128 valence electrons. The fourth-order valence-electron chi connectivity index (χ4n) is 3.73. The zero-order chi connectivity index (χ0) is 16.5. The van der Waals surface area contributed by atoms with E-state index in [2.05, 4.69) is 11.9 Å². The van der Waals surface area contributed by atoms with Crippen LogP contribution in [-0.4, -0.2) is 63.1 Å². The van der Waals surface area contributed by atoms with Crippen LogP contribution < -0.4 is 0 Å². The lowest BCUT2D eigenvalue weighted by Crippen LogP contribution is -2.72. The molecule has 0 aliphatic carbocycles. The van der Waals surface area contributed by atoms with Crippen molar-refractivity contribution in [3.63, 3.8) is 0 Å². The number of benzene rings is 1. The summed E-state index contributed by atoms with van der Waals surface area (Å²) in [6.45, 7) is 5.73. The fourth-order valence-corrected chi connectivity index (χ4v) is 5.35. The van der Waals surface area contributed by atoms with E-state index < -0.39 is 10.0 Å². The molecular formula is C17H26N2O3S. The lowest BCUT2D eigenvalue weighted by molar-refractivity contribution is -0.0576. The first-order valence-electron chi connectivity index (χ1n) is 8.32. The average molecular weight is 338 g/mol. The smallest absolute Gasteiger partial charge is 0.243 e. The van der Waals surface area contributed by atoms with Crippen molar-refractivity contribution in [1.82, 2.24) is 9.21 Å². The number of piperidine rings is 1. The van der Waals surface area contributed by atoms with E-state index >= 15 is 0 Å². The molecular weight excluding hydrogens is 312 g/mol. The molecule has 1 atom stereocenters. The molecule has 2 saturated heterocycles. The topological polar surface area (TPSA) is 49.9 Å². The Balaban J connectivity index is 1.68. The molecule has 1 aromatic rings. The summed E-state index contributed by atoms with van der Waals surface area (Å²) in [6.07, 6.45) is 2.15. The van der Waals surface area contributed by atoms with E-state index in [0.29, 0.717) is 23.9 Å². The summed E-state index contributed by atoms with van der Waals surface area (Å²) in [5, 5.41) is 0. The van der Waals surface area contributed by atoms with E-state index in [1.165, 1.54) is 0 Å². The van der Waals surface area contributed by atoms with Gasteiger partial charge in [-0.2, -0.15) is 4.31 Å². The van der Waals surface area contributed by atoms with Gasteiger partial charge in [0.2, 0.25) is 10.0 Å². The Bertz CT molecular complexity index is 624. The predicted molar refractivity (Wildman–Crippen MR) is 89.8 cm³/mol. The summed E-state index contributed by atoms with van der Waals surface area (Å²) in [5.74, 6) is 0.535. The summed E-state index contributed by atoms with van der Waals surface area (Å²) >= 11 is 0. The lowest BCUT2D eigenvalue weighted by atomic mass is 9.77. The maximum atomic E-state index is 12.7. The van der Waals surface area contributed by atoms with E-state index in [1.807, 2.05) is 13.0 Å². The molecule has 2 aliphatic heterocycles. The molecule has 2 heterocycles. The zero-order valence-electron chi connectivity index (χ0n) is 13.9. The molecule has 1 aromatic carbocycles. The van der Waals surface area contributed by atoms with E-state index in [4.69, 9.17) is 4.74 Å². The van der Waals surface area contributed by atoms with Crippen molar-refractivity contribution >= 4 is 10.0 Å². The van der Waals surface area contributed by atoms with Crippen LogP contribution in [0.5, 0.6) is 0 Å². The number of sulfonamides is 1. The maximum Gasteiger partial charge on any atom is 0.243 e. The Morgan fingerprint density at radius 2 is 1.96 bits per heavy atom. The van der Waals surface area contributed by atoms with Crippen LogP contribution in [0.2, 0.25) is 0 Å². The number of hydrogen-bond acceptors (Lipinski definition) is 4. The van der Waals surface area contributed by atoms with Gasteiger partial charge in [0.1, 0.15) is 0 Å². The molecule has 0 unspecified atom stereocenters. The lowest BCUT2D eigenvalue weighted by Gasteiger charge is -2.57. The number of likely N-dealkylation sites (tertiary alicyclic amines) is 1. The van der Waals surface area contributed by atoms with Crippen molar-refractivity contribution in [2.45, 2.75) is 30.2 Å². The molecule has 6 heteroatoms. The van der Waals surface area contributed by atoms with Gasteiger partial charge in [0, 0.05) is 31.8 Å². The molecule has 3 rings (SSSR count). The van der Waals surface area contributed by atoms with Crippen LogP contribution in [0.25, 0.3) is 0 Å². The molecule has 0 saturated carbocycles. The van der Waals surface area contributed by atoms with Gasteiger partial charge in [0.25, 0.3) is 0 Å². The van der Waals surface area contributed by atoms with Gasteiger partial charge in [0.15, 0.2) is 0 Å². The summed E-state index contributed by atoms with van der Waals surface area (Å²) in [6, 6.07) is 8.72. The Labute approximate surface area is 139 Å². The largest absolute Gasteiger partial charge is 0.381 e. The van der Waals surface area contributed by atoms with Gasteiger partial charge in [-0.25, -0.2) is 8.42 Å². The van der Waals surface area contributed by atoms with E-state index in [1.54, 1.807) is 28.6 Å². The highest BCUT2D eigenvalue weighted by atomic mass is 32.2. The summed E-state index contributed by atoms with van der Waals surface area (Å²) in [4.78, 5) is 2.73. The van der Waals surface area contributed by atoms with Crippen molar-refractivity contribution < 1.29 is 13.2 Å². The average Bonchev–Trinajstić information content (AvgIpc) is 2.52. The van der Waals surface area contributed by atoms with E-state index in [0.717, 1.165) is 32.6 Å². The second kappa shape index (κ2) is 6.51. The molecule has 23 heavy (non-hydrogen) atoms. The second-order valence-corrected chi connectivity index (χ2v) is 8.69. The predicted octanol–water partition coefficient (Wildman–Crippen LogP) is 1.81. The van der Waals surface area contributed by atoms with Crippen LogP contribution in [0.3, 0.4) is 0 Å². The summed E-state index contributed by atoms with van der Waals surface area (Å²) in [7, 11) is -1.25. The van der Waals surface area contributed by atoms with Gasteiger partial charge in [-0.3, -0.25) is 4.90 Å². The van der Waals surface area contributed by atoms with Crippen LogP contribution in [0.1, 0.15) is 19.8 Å². The van der Waals surface area contributed by atoms with Gasteiger partial charge in [0.05, 0.1) is 4.90 Å². The Morgan fingerprint density at radius 3 is 2.61 bits per heavy atom. The molecule has 5 nitrogen and oxygen atoms in total. The Kier molecular flexibility index (Phi) is 4.78. The van der Waals surface area contributed by atoms with Crippen LogP contribution in [-0.2, 0) is 14.8 Å². The zero-order valence-corrected chi connectivity index (χ0v) is 14.8. The van der Waals surface area contributed by atoms with Crippen LogP contribution in [0.4, 0.5) is 0 Å². The number of nitrogens with zero attached hydrogens (tertiary/aromatic N) is 2. The molecule has 2 fully saturated rings. The Hall–Kier alpha value is -0.950. The molecule has 0 aromatic heterocycles. The van der Waals surface area contributed by atoms with Crippen molar-refractivity contribution in [3.8, 4) is 0 Å². The van der Waals surface area contributed by atoms with Gasteiger partial charge in [-0.1, -0.05) is 18.2 Å². The number of hydrogen-bond donors (Lipinski definition) is 0. The van der Waals surface area contributed by atoms with Crippen LogP contribution in [0, 0.1) is 5.92 Å². The summed E-state index contributed by atoms with van der Waals surface area (Å²) < 4.78 is 32.6.